The first-order chi connectivity index (χ1) is 14.7. The van der Waals surface area contributed by atoms with Crippen LogP contribution >= 0.6 is 7.82 Å². The Hall–Kier alpha value is 0.510. The van der Waals surface area contributed by atoms with Crippen molar-refractivity contribution in [2.75, 3.05) is 48.0 Å². The van der Waals surface area contributed by atoms with Gasteiger partial charge in [-0.3, -0.25) is 9.05 Å². The fourth-order valence-corrected chi connectivity index (χ4v) is 4.22. The van der Waals surface area contributed by atoms with Gasteiger partial charge in [0.2, 0.25) is 0 Å². The molecular weight excluding hydrogens is 493 g/mol. The summed E-state index contributed by atoms with van der Waals surface area (Å²) in [6.07, 6.45) is 19.3. The van der Waals surface area contributed by atoms with E-state index >= 15 is 0 Å². The number of likely N-dealkylation sites (N-methyl/N-ethyl adjacent to an activating group) is 1. The molecular formula is C24H53BrNO5P. The second-order valence-corrected chi connectivity index (χ2v) is 11.3. The summed E-state index contributed by atoms with van der Waals surface area (Å²) >= 11 is 0. The third kappa shape index (κ3) is 25.1. The molecule has 0 heterocycles. The predicted molar refractivity (Wildman–Crippen MR) is 130 cm³/mol. The van der Waals surface area contributed by atoms with Gasteiger partial charge < -0.3 is 31.1 Å². The van der Waals surface area contributed by atoms with Crippen molar-refractivity contribution in [3.63, 3.8) is 0 Å². The number of phosphoric ester groups is 1. The van der Waals surface area contributed by atoms with Crippen molar-refractivity contribution in [3.05, 3.63) is 0 Å². The molecule has 196 valence electrons. The highest BCUT2D eigenvalue weighted by Gasteiger charge is 2.24. The standard InChI is InChI=1S/C24H52NO5P.BrH/c1-6-7-8-9-10-11-12-13-14-15-16-17-18-19-20-24(28-5)23-30-31(26,27)29-22-21-25(2,3)4;/h24H,6-23H2,1-5H3;1H. The molecule has 0 saturated carbocycles. The lowest BCUT2D eigenvalue weighted by atomic mass is 10.0. The number of ether oxygens (including phenoxy) is 1. The maximum atomic E-state index is 12.0. The monoisotopic (exact) mass is 545 g/mol. The van der Waals surface area contributed by atoms with Crippen molar-refractivity contribution in [2.24, 2.45) is 0 Å². The smallest absolute Gasteiger partial charge is 0.472 e. The highest BCUT2D eigenvalue weighted by atomic mass is 79.9. The number of hydrogen-bond acceptors (Lipinski definition) is 4. The van der Waals surface area contributed by atoms with Crippen LogP contribution in [0.25, 0.3) is 0 Å². The molecule has 0 aromatic rings. The molecule has 6 nitrogen and oxygen atoms in total. The Labute approximate surface area is 209 Å². The number of hydrogen-bond donors (Lipinski definition) is 1. The Morgan fingerprint density at radius 2 is 1.22 bits per heavy atom. The topological polar surface area (TPSA) is 65.0 Å². The van der Waals surface area contributed by atoms with E-state index < -0.39 is 7.82 Å². The number of methoxy groups -OCH3 is 1. The summed E-state index contributed by atoms with van der Waals surface area (Å²) in [5, 5.41) is 0. The van der Waals surface area contributed by atoms with E-state index in [-0.39, 0.29) is 36.3 Å². The number of unbranched alkanes of at least 4 members (excludes halogenated alkanes) is 13. The van der Waals surface area contributed by atoms with E-state index in [0.29, 0.717) is 11.0 Å². The molecule has 32 heavy (non-hydrogen) atoms. The average molecular weight is 547 g/mol. The molecule has 2 atom stereocenters. The summed E-state index contributed by atoms with van der Waals surface area (Å²) in [6.45, 7) is 3.19. The SMILES string of the molecule is CCCCCCCCCCCCCCCCC(COP(=O)(O)OCC[N+](C)(C)C)OC.[Br-]. The summed E-state index contributed by atoms with van der Waals surface area (Å²) in [6, 6.07) is 0. The van der Waals surface area contributed by atoms with Gasteiger partial charge in [0.1, 0.15) is 13.2 Å². The van der Waals surface area contributed by atoms with Gasteiger partial charge in [0.05, 0.1) is 33.9 Å². The number of nitrogens with zero attached hydrogens (tertiary/aromatic N) is 1. The van der Waals surface area contributed by atoms with Gasteiger partial charge in [-0.1, -0.05) is 96.8 Å². The van der Waals surface area contributed by atoms with Crippen molar-refractivity contribution in [1.82, 2.24) is 0 Å². The van der Waals surface area contributed by atoms with E-state index in [4.69, 9.17) is 13.8 Å². The maximum Gasteiger partial charge on any atom is 0.472 e. The third-order valence-electron chi connectivity index (χ3n) is 5.65. The minimum atomic E-state index is -4.01. The van der Waals surface area contributed by atoms with E-state index in [1.54, 1.807) is 7.11 Å². The summed E-state index contributed by atoms with van der Waals surface area (Å²) in [5.74, 6) is 0. The normalized spacial score (nSPS) is 14.7. The summed E-state index contributed by atoms with van der Waals surface area (Å²) in [5.41, 5.74) is 0. The highest BCUT2D eigenvalue weighted by molar-refractivity contribution is 7.47. The van der Waals surface area contributed by atoms with E-state index in [9.17, 15) is 9.46 Å². The van der Waals surface area contributed by atoms with Gasteiger partial charge >= 0.3 is 7.82 Å². The Kier molecular flexibility index (Phi) is 23.8. The second kappa shape index (κ2) is 22.0. The number of rotatable bonds is 23. The first-order valence-corrected chi connectivity index (χ1v) is 14.1. The zero-order valence-corrected chi connectivity index (χ0v) is 24.1. The highest BCUT2D eigenvalue weighted by Crippen LogP contribution is 2.43. The van der Waals surface area contributed by atoms with Crippen molar-refractivity contribution in [3.8, 4) is 0 Å². The van der Waals surface area contributed by atoms with Crippen LogP contribution in [-0.2, 0) is 18.3 Å². The predicted octanol–water partition coefficient (Wildman–Crippen LogP) is 3.72. The molecule has 0 aromatic carbocycles. The number of phosphoric acid groups is 1. The van der Waals surface area contributed by atoms with Crippen molar-refractivity contribution >= 4 is 7.82 Å². The maximum absolute atomic E-state index is 12.0. The summed E-state index contributed by atoms with van der Waals surface area (Å²) in [4.78, 5) is 9.80. The molecule has 0 aromatic heterocycles. The average Bonchev–Trinajstić information content (AvgIpc) is 2.69. The summed E-state index contributed by atoms with van der Waals surface area (Å²) < 4.78 is 28.2. The summed E-state index contributed by atoms with van der Waals surface area (Å²) in [7, 11) is 3.63. The van der Waals surface area contributed by atoms with Gasteiger partial charge in [-0.05, 0) is 6.42 Å². The van der Waals surface area contributed by atoms with E-state index in [1.807, 2.05) is 21.1 Å². The fraction of sp³-hybridized carbons (Fsp3) is 1.00. The van der Waals surface area contributed by atoms with E-state index in [2.05, 4.69) is 6.92 Å². The Balaban J connectivity index is 0. The zero-order valence-electron chi connectivity index (χ0n) is 21.7. The van der Waals surface area contributed by atoms with Crippen LogP contribution in [0.1, 0.15) is 103 Å². The molecule has 0 amide bonds. The van der Waals surface area contributed by atoms with Gasteiger partial charge in [-0.2, -0.15) is 0 Å². The van der Waals surface area contributed by atoms with Crippen LogP contribution in [0.2, 0.25) is 0 Å². The van der Waals surface area contributed by atoms with Crippen molar-refractivity contribution in [1.29, 1.82) is 0 Å². The second-order valence-electron chi connectivity index (χ2n) is 9.85. The molecule has 0 fully saturated rings. The van der Waals surface area contributed by atoms with Crippen molar-refractivity contribution < 1.29 is 44.7 Å². The fourth-order valence-electron chi connectivity index (χ4n) is 3.48. The number of halogens is 1. The molecule has 2 unspecified atom stereocenters. The lowest BCUT2D eigenvalue weighted by Gasteiger charge is -2.24. The molecule has 0 saturated heterocycles. The first-order valence-electron chi connectivity index (χ1n) is 12.7. The molecule has 1 N–H and O–H groups in total. The van der Waals surface area contributed by atoms with Crippen LogP contribution in [0, 0.1) is 0 Å². The lowest BCUT2D eigenvalue weighted by molar-refractivity contribution is -0.870. The third-order valence-corrected chi connectivity index (χ3v) is 6.64. The van der Waals surface area contributed by atoms with Crippen LogP contribution in [0.15, 0.2) is 0 Å². The Morgan fingerprint density at radius 3 is 1.62 bits per heavy atom. The van der Waals surface area contributed by atoms with Crippen LogP contribution in [-0.4, -0.2) is 63.5 Å². The van der Waals surface area contributed by atoms with Crippen LogP contribution in [0.5, 0.6) is 0 Å². The van der Waals surface area contributed by atoms with Crippen LogP contribution in [0.4, 0.5) is 0 Å². The molecule has 0 spiro atoms. The quantitative estimate of drug-likeness (QED) is 0.120. The molecule has 0 aliphatic rings. The molecule has 8 heteroatoms. The molecule has 0 bridgehead atoms. The minimum Gasteiger partial charge on any atom is -1.00 e. The van der Waals surface area contributed by atoms with Gasteiger partial charge in [0.15, 0.2) is 0 Å². The largest absolute Gasteiger partial charge is 1.00 e. The molecule has 0 aliphatic heterocycles. The Bertz CT molecular complexity index is 449. The van der Waals surface area contributed by atoms with Gasteiger partial charge in [-0.25, -0.2) is 4.57 Å². The van der Waals surface area contributed by atoms with E-state index in [1.165, 1.54) is 83.5 Å². The van der Waals surface area contributed by atoms with Gasteiger partial charge in [0, 0.05) is 7.11 Å². The molecule has 0 radical (unpaired) electrons. The van der Waals surface area contributed by atoms with Crippen molar-refractivity contribution in [2.45, 2.75) is 109 Å². The van der Waals surface area contributed by atoms with Gasteiger partial charge in [0.25, 0.3) is 0 Å². The first kappa shape index (κ1) is 34.7. The zero-order chi connectivity index (χ0) is 23.4. The van der Waals surface area contributed by atoms with E-state index in [0.717, 1.165) is 12.8 Å². The van der Waals surface area contributed by atoms with Crippen LogP contribution in [0.3, 0.4) is 0 Å². The molecule has 0 aliphatic carbocycles. The van der Waals surface area contributed by atoms with Gasteiger partial charge in [-0.15, -0.1) is 0 Å². The lowest BCUT2D eigenvalue weighted by Crippen LogP contribution is -3.00. The number of quaternary nitrogens is 1. The molecule has 0 rings (SSSR count). The van der Waals surface area contributed by atoms with Crippen LogP contribution < -0.4 is 17.0 Å². The minimum absolute atomic E-state index is 0. The Morgan fingerprint density at radius 1 is 0.781 bits per heavy atom.